The van der Waals surface area contributed by atoms with Gasteiger partial charge in [-0.05, 0) is 28.8 Å². The van der Waals surface area contributed by atoms with Gasteiger partial charge in [-0.2, -0.15) is 0 Å². The van der Waals surface area contributed by atoms with Gasteiger partial charge in [0.1, 0.15) is 0 Å². The Hall–Kier alpha value is -0.640. The van der Waals surface area contributed by atoms with Crippen LogP contribution in [0.1, 0.15) is 24.5 Å². The lowest BCUT2D eigenvalue weighted by Gasteiger charge is -1.98. The highest BCUT2D eigenvalue weighted by Crippen LogP contribution is 2.41. The lowest BCUT2D eigenvalue weighted by Crippen LogP contribution is -2.11. The Morgan fingerprint density at radius 1 is 1.64 bits per heavy atom. The average molecular weight is 215 g/mol. The van der Waals surface area contributed by atoms with Crippen LogP contribution in [0.25, 0.3) is 0 Å². The second kappa shape index (κ2) is 2.44. The maximum Gasteiger partial charge on any atom is 0.345 e. The summed E-state index contributed by atoms with van der Waals surface area (Å²) in [6.45, 7) is 0. The number of aromatic nitrogens is 2. The van der Waals surface area contributed by atoms with Crippen molar-refractivity contribution in [2.45, 2.75) is 18.8 Å². The molecule has 0 unspecified atom stereocenters. The van der Waals surface area contributed by atoms with Gasteiger partial charge in [-0.3, -0.25) is 0 Å². The van der Waals surface area contributed by atoms with E-state index in [9.17, 15) is 4.79 Å². The third kappa shape index (κ3) is 1.35. The summed E-state index contributed by atoms with van der Waals surface area (Å²) < 4.78 is 0.916. The maximum atomic E-state index is 10.8. The summed E-state index contributed by atoms with van der Waals surface area (Å²) in [6.07, 6.45) is 3.92. The van der Waals surface area contributed by atoms with Gasteiger partial charge in [0.15, 0.2) is 0 Å². The fraction of sp³-hybridized carbons (Fsp3) is 0.429. The molecule has 58 valence electrons. The summed E-state index contributed by atoms with van der Waals surface area (Å²) in [4.78, 5) is 17.1. The number of H-pyrrole nitrogens is 1. The molecule has 1 aliphatic carbocycles. The average Bonchev–Trinajstić information content (AvgIpc) is 2.76. The molecule has 1 heterocycles. The van der Waals surface area contributed by atoms with E-state index in [4.69, 9.17) is 0 Å². The van der Waals surface area contributed by atoms with Crippen molar-refractivity contribution in [1.29, 1.82) is 0 Å². The molecule has 0 atom stereocenters. The van der Waals surface area contributed by atoms with Crippen molar-refractivity contribution >= 4 is 15.9 Å². The summed E-state index contributed by atoms with van der Waals surface area (Å²) in [5.74, 6) is 0.556. The van der Waals surface area contributed by atoms with Crippen LogP contribution in [0.5, 0.6) is 0 Å². The Labute approximate surface area is 72.0 Å². The molecule has 1 aromatic heterocycles. The first-order valence-corrected chi connectivity index (χ1v) is 4.31. The second-order valence-corrected chi connectivity index (χ2v) is 3.58. The van der Waals surface area contributed by atoms with Gasteiger partial charge in [0, 0.05) is 17.8 Å². The second-order valence-electron chi connectivity index (χ2n) is 2.72. The molecule has 0 saturated heterocycles. The molecular weight excluding hydrogens is 208 g/mol. The Morgan fingerprint density at radius 3 is 3.00 bits per heavy atom. The Kier molecular flexibility index (Phi) is 1.56. The van der Waals surface area contributed by atoms with Gasteiger partial charge in [-0.1, -0.05) is 0 Å². The summed E-state index contributed by atoms with van der Waals surface area (Å²) in [6, 6.07) is 0. The molecule has 1 aromatic rings. The van der Waals surface area contributed by atoms with Gasteiger partial charge in [-0.15, -0.1) is 0 Å². The third-order valence-corrected chi connectivity index (χ3v) is 2.41. The van der Waals surface area contributed by atoms with Crippen LogP contribution in [-0.4, -0.2) is 9.97 Å². The minimum Gasteiger partial charge on any atom is -0.308 e. The van der Waals surface area contributed by atoms with E-state index in [2.05, 4.69) is 25.9 Å². The Balaban J connectivity index is 2.50. The highest BCUT2D eigenvalue weighted by Gasteiger charge is 2.26. The zero-order valence-corrected chi connectivity index (χ0v) is 7.39. The van der Waals surface area contributed by atoms with Crippen LogP contribution in [0, 0.1) is 0 Å². The van der Waals surface area contributed by atoms with Crippen LogP contribution in [0.2, 0.25) is 0 Å². The van der Waals surface area contributed by atoms with Crippen molar-refractivity contribution in [2.75, 3.05) is 0 Å². The smallest absolute Gasteiger partial charge is 0.308 e. The lowest BCUT2D eigenvalue weighted by molar-refractivity contribution is 0.933. The molecule has 1 N–H and O–H groups in total. The quantitative estimate of drug-likeness (QED) is 0.769. The maximum absolute atomic E-state index is 10.8. The summed E-state index contributed by atoms with van der Waals surface area (Å²) in [5, 5.41) is 0. The van der Waals surface area contributed by atoms with Gasteiger partial charge < -0.3 is 4.98 Å². The fourth-order valence-corrected chi connectivity index (χ4v) is 1.59. The molecule has 2 rings (SSSR count). The predicted octanol–water partition coefficient (Wildman–Crippen LogP) is 1.41. The molecule has 0 bridgehead atoms. The van der Waals surface area contributed by atoms with Gasteiger partial charge in [-0.25, -0.2) is 9.78 Å². The number of hydrogen-bond acceptors (Lipinski definition) is 2. The molecule has 1 aliphatic rings. The molecule has 4 heteroatoms. The first-order chi connectivity index (χ1) is 5.27. The van der Waals surface area contributed by atoms with Crippen molar-refractivity contribution in [3.63, 3.8) is 0 Å². The molecule has 11 heavy (non-hydrogen) atoms. The number of nitrogens with one attached hydrogen (secondary N) is 1. The van der Waals surface area contributed by atoms with E-state index in [-0.39, 0.29) is 5.69 Å². The number of rotatable bonds is 1. The normalized spacial score (nSPS) is 16.8. The molecular formula is C7H7BrN2O. The Morgan fingerprint density at radius 2 is 2.36 bits per heavy atom. The molecule has 0 spiro atoms. The van der Waals surface area contributed by atoms with E-state index in [1.807, 2.05) is 0 Å². The number of aromatic amines is 1. The van der Waals surface area contributed by atoms with Crippen LogP contribution in [0.3, 0.4) is 0 Å². The van der Waals surface area contributed by atoms with Crippen molar-refractivity contribution in [2.24, 2.45) is 0 Å². The van der Waals surface area contributed by atoms with Crippen molar-refractivity contribution in [3.05, 3.63) is 26.8 Å². The monoisotopic (exact) mass is 214 g/mol. The highest BCUT2D eigenvalue weighted by atomic mass is 79.9. The van der Waals surface area contributed by atoms with E-state index in [1.165, 1.54) is 12.8 Å². The highest BCUT2D eigenvalue weighted by molar-refractivity contribution is 9.10. The SMILES string of the molecule is O=c1ncc(Br)c(C2CC2)[nH]1. The molecule has 0 amide bonds. The molecule has 0 radical (unpaired) electrons. The van der Waals surface area contributed by atoms with Crippen LogP contribution in [-0.2, 0) is 0 Å². The van der Waals surface area contributed by atoms with Gasteiger partial charge in [0.25, 0.3) is 0 Å². The number of nitrogens with zero attached hydrogens (tertiary/aromatic N) is 1. The largest absolute Gasteiger partial charge is 0.345 e. The third-order valence-electron chi connectivity index (χ3n) is 1.78. The van der Waals surface area contributed by atoms with Crippen molar-refractivity contribution < 1.29 is 0 Å². The predicted molar refractivity (Wildman–Crippen MR) is 44.5 cm³/mol. The zero-order valence-electron chi connectivity index (χ0n) is 5.80. The fourth-order valence-electron chi connectivity index (χ4n) is 1.06. The number of halogens is 1. The first-order valence-electron chi connectivity index (χ1n) is 3.52. The van der Waals surface area contributed by atoms with E-state index in [0.717, 1.165) is 10.2 Å². The molecule has 1 saturated carbocycles. The Bertz CT molecular complexity index is 329. The van der Waals surface area contributed by atoms with Crippen LogP contribution in [0.15, 0.2) is 15.5 Å². The van der Waals surface area contributed by atoms with E-state index in [0.29, 0.717) is 5.92 Å². The van der Waals surface area contributed by atoms with E-state index < -0.39 is 0 Å². The van der Waals surface area contributed by atoms with Gasteiger partial charge in [0.2, 0.25) is 0 Å². The molecule has 0 aliphatic heterocycles. The van der Waals surface area contributed by atoms with Crippen LogP contribution < -0.4 is 5.69 Å². The minimum absolute atomic E-state index is 0.255. The first kappa shape index (κ1) is 7.03. The van der Waals surface area contributed by atoms with Crippen LogP contribution in [0.4, 0.5) is 0 Å². The minimum atomic E-state index is -0.255. The molecule has 1 fully saturated rings. The topological polar surface area (TPSA) is 45.8 Å². The summed E-state index contributed by atoms with van der Waals surface area (Å²) in [5.41, 5.74) is 0.750. The van der Waals surface area contributed by atoms with Crippen molar-refractivity contribution in [1.82, 2.24) is 9.97 Å². The summed E-state index contributed by atoms with van der Waals surface area (Å²) >= 11 is 3.34. The zero-order chi connectivity index (χ0) is 7.84. The lowest BCUT2D eigenvalue weighted by atomic mass is 10.3. The van der Waals surface area contributed by atoms with Gasteiger partial charge in [0.05, 0.1) is 4.47 Å². The molecule has 0 aromatic carbocycles. The summed E-state index contributed by atoms with van der Waals surface area (Å²) in [7, 11) is 0. The standard InChI is InChI=1S/C7H7BrN2O/c8-5-3-9-7(11)10-6(5)4-1-2-4/h3-4H,1-2H2,(H,9,10,11). The van der Waals surface area contributed by atoms with Crippen molar-refractivity contribution in [3.8, 4) is 0 Å². The van der Waals surface area contributed by atoms with E-state index >= 15 is 0 Å². The van der Waals surface area contributed by atoms with Crippen LogP contribution >= 0.6 is 15.9 Å². The van der Waals surface area contributed by atoms with E-state index in [1.54, 1.807) is 6.20 Å². The molecule has 3 nitrogen and oxygen atoms in total. The number of hydrogen-bond donors (Lipinski definition) is 1. The van der Waals surface area contributed by atoms with Gasteiger partial charge >= 0.3 is 5.69 Å².